The fourth-order valence-corrected chi connectivity index (χ4v) is 3.59. The first-order valence-electron chi connectivity index (χ1n) is 7.86. The van der Waals surface area contributed by atoms with Gasteiger partial charge in [-0.3, -0.25) is 9.78 Å². The van der Waals surface area contributed by atoms with Crippen molar-refractivity contribution in [1.82, 2.24) is 4.98 Å². The molecule has 7 heteroatoms. The first-order valence-corrected chi connectivity index (χ1v) is 9.53. The molecule has 5 nitrogen and oxygen atoms in total. The molecule has 0 radical (unpaired) electrons. The Morgan fingerprint density at radius 3 is 2.50 bits per heavy atom. The number of nitrogens with one attached hydrogen (secondary N) is 1. The zero-order chi connectivity index (χ0) is 18.5. The number of rotatable bonds is 5. The van der Waals surface area contributed by atoms with Crippen LogP contribution in [0.3, 0.4) is 0 Å². The van der Waals surface area contributed by atoms with Crippen molar-refractivity contribution in [3.05, 3.63) is 69.8 Å². The number of hydrogen-bond donors (Lipinski definition) is 1. The van der Waals surface area contributed by atoms with Crippen molar-refractivity contribution in [3.8, 4) is 11.1 Å². The van der Waals surface area contributed by atoms with E-state index < -0.39 is 5.97 Å². The third-order valence-corrected chi connectivity index (χ3v) is 5.02. The summed E-state index contributed by atoms with van der Waals surface area (Å²) in [6.07, 6.45) is 3.09. The molecule has 3 aromatic rings. The van der Waals surface area contributed by atoms with E-state index in [2.05, 4.69) is 26.2 Å². The first-order chi connectivity index (χ1) is 12.6. The summed E-state index contributed by atoms with van der Waals surface area (Å²) in [5.74, 6) is -0.765. The number of hydrogen-bond acceptors (Lipinski definition) is 5. The molecule has 0 saturated heterocycles. The van der Waals surface area contributed by atoms with Gasteiger partial charge in [0.1, 0.15) is 10.6 Å². The van der Waals surface area contributed by atoms with Crippen molar-refractivity contribution in [1.29, 1.82) is 0 Å². The second-order valence-electron chi connectivity index (χ2n) is 5.27. The average Bonchev–Trinajstić information content (AvgIpc) is 3.07. The van der Waals surface area contributed by atoms with Crippen molar-refractivity contribution < 1.29 is 14.3 Å². The second kappa shape index (κ2) is 8.25. The van der Waals surface area contributed by atoms with E-state index in [4.69, 9.17) is 4.74 Å². The number of esters is 1. The van der Waals surface area contributed by atoms with Crippen molar-refractivity contribution in [2.45, 2.75) is 6.92 Å². The van der Waals surface area contributed by atoms with Crippen LogP contribution in [-0.2, 0) is 4.74 Å². The van der Waals surface area contributed by atoms with E-state index in [0.29, 0.717) is 16.1 Å². The quantitative estimate of drug-likeness (QED) is 0.578. The highest BCUT2D eigenvalue weighted by atomic mass is 79.9. The summed E-state index contributed by atoms with van der Waals surface area (Å²) in [4.78, 5) is 28.9. The Labute approximate surface area is 163 Å². The maximum atomic E-state index is 12.5. The number of halogens is 1. The number of carbonyl (C=O) groups excluding carboxylic acids is 2. The van der Waals surface area contributed by atoms with Gasteiger partial charge < -0.3 is 10.1 Å². The number of anilines is 1. The smallest absolute Gasteiger partial charge is 0.341 e. The van der Waals surface area contributed by atoms with Crippen LogP contribution in [0.25, 0.3) is 11.1 Å². The van der Waals surface area contributed by atoms with Gasteiger partial charge in [0, 0.05) is 33.4 Å². The van der Waals surface area contributed by atoms with E-state index in [1.165, 1.54) is 11.3 Å². The van der Waals surface area contributed by atoms with E-state index in [9.17, 15) is 9.59 Å². The molecule has 0 bridgehead atoms. The molecule has 0 unspecified atom stereocenters. The van der Waals surface area contributed by atoms with Gasteiger partial charge in [-0.15, -0.1) is 11.3 Å². The zero-order valence-corrected chi connectivity index (χ0v) is 16.3. The Morgan fingerprint density at radius 2 is 1.85 bits per heavy atom. The molecule has 0 atom stereocenters. The topological polar surface area (TPSA) is 68.3 Å². The van der Waals surface area contributed by atoms with Gasteiger partial charge in [-0.2, -0.15) is 0 Å². The Hall–Kier alpha value is -2.51. The maximum absolute atomic E-state index is 12.5. The van der Waals surface area contributed by atoms with Gasteiger partial charge in [-0.1, -0.05) is 28.1 Å². The van der Waals surface area contributed by atoms with Gasteiger partial charge >= 0.3 is 5.97 Å². The second-order valence-corrected chi connectivity index (χ2v) is 7.07. The molecule has 2 heterocycles. The molecular formula is C19H15BrN2O3S. The van der Waals surface area contributed by atoms with E-state index in [1.807, 2.05) is 29.6 Å². The predicted molar refractivity (Wildman–Crippen MR) is 106 cm³/mol. The van der Waals surface area contributed by atoms with Gasteiger partial charge in [0.05, 0.1) is 6.61 Å². The number of nitrogens with zero attached hydrogens (tertiary/aromatic N) is 1. The molecule has 1 N–H and O–H groups in total. The third kappa shape index (κ3) is 4.00. The van der Waals surface area contributed by atoms with Crippen molar-refractivity contribution in [3.63, 3.8) is 0 Å². The van der Waals surface area contributed by atoms with Crippen LogP contribution in [0.1, 0.15) is 27.6 Å². The summed E-state index contributed by atoms with van der Waals surface area (Å²) in [5.41, 5.74) is 2.43. The molecule has 0 aliphatic carbocycles. The van der Waals surface area contributed by atoms with E-state index in [0.717, 1.165) is 15.6 Å². The summed E-state index contributed by atoms with van der Waals surface area (Å²) < 4.78 is 6.14. The van der Waals surface area contributed by atoms with Crippen LogP contribution < -0.4 is 5.32 Å². The molecule has 0 aliphatic heterocycles. The molecule has 1 amide bonds. The molecule has 26 heavy (non-hydrogen) atoms. The van der Waals surface area contributed by atoms with Crippen molar-refractivity contribution >= 4 is 44.1 Å². The lowest BCUT2D eigenvalue weighted by Gasteiger charge is -2.09. The number of ether oxygens (including phenoxy) is 1. The molecular weight excluding hydrogens is 416 g/mol. The van der Waals surface area contributed by atoms with Crippen LogP contribution >= 0.6 is 27.3 Å². The minimum absolute atomic E-state index is 0.256. The Balaban J connectivity index is 1.98. The number of amides is 1. The van der Waals surface area contributed by atoms with E-state index in [-0.39, 0.29) is 12.5 Å². The lowest BCUT2D eigenvalue weighted by Crippen LogP contribution is -2.14. The average molecular weight is 431 g/mol. The molecule has 1 aromatic carbocycles. The van der Waals surface area contributed by atoms with E-state index >= 15 is 0 Å². The van der Waals surface area contributed by atoms with Crippen LogP contribution in [0, 0.1) is 0 Å². The normalized spacial score (nSPS) is 10.4. The van der Waals surface area contributed by atoms with Crippen LogP contribution in [0.15, 0.2) is 58.6 Å². The lowest BCUT2D eigenvalue weighted by atomic mass is 10.0. The summed E-state index contributed by atoms with van der Waals surface area (Å²) >= 11 is 4.70. The number of carbonyl (C=O) groups is 2. The van der Waals surface area contributed by atoms with Crippen LogP contribution in [0.2, 0.25) is 0 Å². The lowest BCUT2D eigenvalue weighted by molar-refractivity contribution is 0.0529. The Kier molecular flexibility index (Phi) is 5.80. The summed E-state index contributed by atoms with van der Waals surface area (Å²) in [7, 11) is 0. The Morgan fingerprint density at radius 1 is 1.15 bits per heavy atom. The van der Waals surface area contributed by atoms with Gasteiger partial charge in [-0.25, -0.2) is 4.79 Å². The van der Waals surface area contributed by atoms with Crippen LogP contribution in [0.4, 0.5) is 5.00 Å². The summed E-state index contributed by atoms with van der Waals surface area (Å²) in [6.45, 7) is 2.00. The van der Waals surface area contributed by atoms with E-state index in [1.54, 1.807) is 31.5 Å². The molecule has 0 saturated carbocycles. The first kappa shape index (κ1) is 18.3. The Bertz CT molecular complexity index is 924. The number of benzene rings is 1. The van der Waals surface area contributed by atoms with Crippen molar-refractivity contribution in [2.24, 2.45) is 0 Å². The third-order valence-electron chi connectivity index (χ3n) is 3.60. The van der Waals surface area contributed by atoms with Gasteiger partial charge in [-0.05, 0) is 36.8 Å². The molecule has 3 rings (SSSR count). The SMILES string of the molecule is CCOC(=O)c1c(-c2ccc(Br)cc2)csc1NC(=O)c1ccncc1. The molecule has 2 aromatic heterocycles. The standard InChI is InChI=1S/C19H15BrN2O3S/c1-2-25-19(24)16-15(12-3-5-14(20)6-4-12)11-26-18(16)22-17(23)13-7-9-21-10-8-13/h3-11H,2H2,1H3,(H,22,23). The molecule has 0 spiro atoms. The number of thiophene rings is 1. The van der Waals surface area contributed by atoms with Gasteiger partial charge in [0.2, 0.25) is 0 Å². The fraction of sp³-hybridized carbons (Fsp3) is 0.105. The predicted octanol–water partition coefficient (Wildman–Crippen LogP) is 5.00. The molecule has 132 valence electrons. The largest absolute Gasteiger partial charge is 0.462 e. The number of aromatic nitrogens is 1. The molecule has 0 aliphatic rings. The maximum Gasteiger partial charge on any atom is 0.341 e. The van der Waals surface area contributed by atoms with Crippen LogP contribution in [-0.4, -0.2) is 23.5 Å². The summed E-state index contributed by atoms with van der Waals surface area (Å²) in [5, 5.41) is 5.12. The minimum Gasteiger partial charge on any atom is -0.462 e. The van der Waals surface area contributed by atoms with Crippen LogP contribution in [0.5, 0.6) is 0 Å². The number of pyridine rings is 1. The molecule has 0 fully saturated rings. The summed E-state index contributed by atoms with van der Waals surface area (Å²) in [6, 6.07) is 10.8. The van der Waals surface area contributed by atoms with Crippen molar-refractivity contribution in [2.75, 3.05) is 11.9 Å². The monoisotopic (exact) mass is 430 g/mol. The highest BCUT2D eigenvalue weighted by Crippen LogP contribution is 2.36. The highest BCUT2D eigenvalue weighted by molar-refractivity contribution is 9.10. The minimum atomic E-state index is -0.461. The highest BCUT2D eigenvalue weighted by Gasteiger charge is 2.23. The fourth-order valence-electron chi connectivity index (χ4n) is 2.38. The van der Waals surface area contributed by atoms with Gasteiger partial charge in [0.15, 0.2) is 0 Å². The van der Waals surface area contributed by atoms with Gasteiger partial charge in [0.25, 0.3) is 5.91 Å². The zero-order valence-electron chi connectivity index (χ0n) is 13.9.